The van der Waals surface area contributed by atoms with E-state index in [1.165, 1.54) is 32.4 Å². The number of hydrogen-bond acceptors (Lipinski definition) is 8. The Labute approximate surface area is 199 Å². The second-order valence-electron chi connectivity index (χ2n) is 7.99. The van der Waals surface area contributed by atoms with Crippen molar-refractivity contribution in [3.63, 3.8) is 0 Å². The first-order valence-electron chi connectivity index (χ1n) is 10.7. The lowest BCUT2D eigenvalue weighted by atomic mass is 10.0. The number of anilines is 1. The number of fused-ring (bicyclic) bond motifs is 2. The van der Waals surface area contributed by atoms with E-state index >= 15 is 0 Å². The monoisotopic (exact) mass is 478 g/mol. The first-order valence-corrected chi connectivity index (χ1v) is 10.7. The number of nitrogens with zero attached hydrogens (tertiary/aromatic N) is 1. The molecule has 3 amide bonds. The van der Waals surface area contributed by atoms with E-state index in [9.17, 15) is 24.0 Å². The molecule has 10 heteroatoms. The molecule has 35 heavy (non-hydrogen) atoms. The summed E-state index contributed by atoms with van der Waals surface area (Å²) in [7, 11) is 2.89. The van der Waals surface area contributed by atoms with Crippen molar-refractivity contribution in [1.29, 1.82) is 0 Å². The van der Waals surface area contributed by atoms with Crippen LogP contribution in [0, 0.1) is 6.92 Å². The van der Waals surface area contributed by atoms with Crippen molar-refractivity contribution in [1.82, 2.24) is 4.90 Å². The number of carbonyl (C=O) groups is 4. The molecule has 0 fully saturated rings. The van der Waals surface area contributed by atoms with Crippen molar-refractivity contribution in [3.8, 4) is 5.75 Å². The Balaban J connectivity index is 1.33. The van der Waals surface area contributed by atoms with Gasteiger partial charge in [0.2, 0.25) is 0 Å². The summed E-state index contributed by atoms with van der Waals surface area (Å²) in [5.41, 5.74) is 1.63. The number of rotatable bonds is 7. The number of carbonyl (C=O) groups excluding carboxylic acids is 4. The van der Waals surface area contributed by atoms with Gasteiger partial charge >= 0.3 is 11.6 Å². The van der Waals surface area contributed by atoms with E-state index in [0.717, 1.165) is 10.3 Å². The molecule has 2 aromatic carbocycles. The fourth-order valence-electron chi connectivity index (χ4n) is 3.87. The van der Waals surface area contributed by atoms with Crippen molar-refractivity contribution >= 4 is 40.3 Å². The Morgan fingerprint density at radius 2 is 1.77 bits per heavy atom. The molecule has 10 nitrogen and oxygen atoms in total. The quantitative estimate of drug-likeness (QED) is 0.311. The molecule has 0 saturated heterocycles. The molecule has 0 unspecified atom stereocenters. The van der Waals surface area contributed by atoms with Gasteiger partial charge in [0.1, 0.15) is 11.3 Å². The number of esters is 1. The first kappa shape index (κ1) is 23.7. The SMILES string of the molecule is COc1ccc2c(C)c(CCC(=O)OCC(=O)Nc3ccc4c(c3)C(=O)N(C)C4=O)c(=O)oc2c1. The van der Waals surface area contributed by atoms with Gasteiger partial charge in [-0.1, -0.05) is 0 Å². The second-order valence-corrected chi connectivity index (χ2v) is 7.99. The van der Waals surface area contributed by atoms with Gasteiger partial charge in [-0.15, -0.1) is 0 Å². The van der Waals surface area contributed by atoms with Crippen LogP contribution in [0.25, 0.3) is 11.0 Å². The lowest BCUT2D eigenvalue weighted by Crippen LogP contribution is -2.24. The maximum absolute atomic E-state index is 12.4. The van der Waals surface area contributed by atoms with Gasteiger partial charge < -0.3 is 19.2 Å². The van der Waals surface area contributed by atoms with E-state index in [0.29, 0.717) is 28.1 Å². The highest BCUT2D eigenvalue weighted by atomic mass is 16.5. The summed E-state index contributed by atoms with van der Waals surface area (Å²) >= 11 is 0. The highest BCUT2D eigenvalue weighted by Gasteiger charge is 2.32. The van der Waals surface area contributed by atoms with Gasteiger partial charge in [0.25, 0.3) is 17.7 Å². The first-order chi connectivity index (χ1) is 16.7. The highest BCUT2D eigenvalue weighted by molar-refractivity contribution is 6.21. The number of benzene rings is 2. The number of methoxy groups -OCH3 is 1. The van der Waals surface area contributed by atoms with E-state index < -0.39 is 35.9 Å². The van der Waals surface area contributed by atoms with Gasteiger partial charge in [0, 0.05) is 36.2 Å². The van der Waals surface area contributed by atoms with E-state index in [1.54, 1.807) is 25.1 Å². The molecular formula is C25H22N2O8. The van der Waals surface area contributed by atoms with Gasteiger partial charge in [-0.2, -0.15) is 0 Å². The molecule has 1 N–H and O–H groups in total. The maximum Gasteiger partial charge on any atom is 0.339 e. The molecule has 1 aromatic heterocycles. The summed E-state index contributed by atoms with van der Waals surface area (Å²) in [4.78, 5) is 61.8. The van der Waals surface area contributed by atoms with Crippen LogP contribution in [0.4, 0.5) is 5.69 Å². The van der Waals surface area contributed by atoms with Crippen LogP contribution in [-0.4, -0.2) is 49.4 Å². The summed E-state index contributed by atoms with van der Waals surface area (Å²) in [6, 6.07) is 9.48. The van der Waals surface area contributed by atoms with Crippen LogP contribution < -0.4 is 15.7 Å². The van der Waals surface area contributed by atoms with Crippen LogP contribution >= 0.6 is 0 Å². The maximum atomic E-state index is 12.4. The molecule has 3 aromatic rings. The zero-order valence-electron chi connectivity index (χ0n) is 19.3. The third kappa shape index (κ3) is 4.63. The Bertz CT molecular complexity index is 1440. The summed E-state index contributed by atoms with van der Waals surface area (Å²) in [6.45, 7) is 1.22. The van der Waals surface area contributed by atoms with Crippen molar-refractivity contribution in [2.45, 2.75) is 19.8 Å². The van der Waals surface area contributed by atoms with Crippen molar-refractivity contribution in [2.75, 3.05) is 26.1 Å². The van der Waals surface area contributed by atoms with Gasteiger partial charge in [0.15, 0.2) is 6.61 Å². The van der Waals surface area contributed by atoms with Crippen LogP contribution in [0.5, 0.6) is 5.75 Å². The van der Waals surface area contributed by atoms with Gasteiger partial charge in [-0.05, 0) is 49.2 Å². The molecular weight excluding hydrogens is 456 g/mol. The van der Waals surface area contributed by atoms with Crippen molar-refractivity contribution in [2.24, 2.45) is 0 Å². The third-order valence-corrected chi connectivity index (χ3v) is 5.81. The van der Waals surface area contributed by atoms with Gasteiger partial charge in [0.05, 0.1) is 18.2 Å². The molecule has 180 valence electrons. The Hall–Kier alpha value is -4.47. The number of imide groups is 1. The van der Waals surface area contributed by atoms with Crippen molar-refractivity contribution < 1.29 is 33.1 Å². The predicted molar refractivity (Wildman–Crippen MR) is 125 cm³/mol. The van der Waals surface area contributed by atoms with Crippen LogP contribution in [-0.2, 0) is 20.7 Å². The number of nitrogens with one attached hydrogen (secondary N) is 1. The molecule has 2 heterocycles. The van der Waals surface area contributed by atoms with Crippen LogP contribution in [0.2, 0.25) is 0 Å². The van der Waals surface area contributed by atoms with Crippen LogP contribution in [0.1, 0.15) is 38.3 Å². The average molecular weight is 478 g/mol. The number of aryl methyl sites for hydroxylation is 1. The minimum atomic E-state index is -0.662. The lowest BCUT2D eigenvalue weighted by Gasteiger charge is -2.09. The van der Waals surface area contributed by atoms with Gasteiger partial charge in [-0.25, -0.2) is 4.79 Å². The molecule has 0 spiro atoms. The Morgan fingerprint density at radius 1 is 1.03 bits per heavy atom. The normalized spacial score (nSPS) is 12.6. The molecule has 1 aliphatic heterocycles. The van der Waals surface area contributed by atoms with E-state index in [-0.39, 0.29) is 24.0 Å². The van der Waals surface area contributed by atoms with Crippen LogP contribution in [0.15, 0.2) is 45.6 Å². The third-order valence-electron chi connectivity index (χ3n) is 5.81. The Morgan fingerprint density at radius 3 is 2.51 bits per heavy atom. The smallest absolute Gasteiger partial charge is 0.339 e. The highest BCUT2D eigenvalue weighted by Crippen LogP contribution is 2.25. The lowest BCUT2D eigenvalue weighted by molar-refractivity contribution is -0.147. The van der Waals surface area contributed by atoms with Crippen molar-refractivity contribution in [3.05, 3.63) is 69.1 Å². The number of hydrogen-bond donors (Lipinski definition) is 1. The van der Waals surface area contributed by atoms with Gasteiger partial charge in [-0.3, -0.25) is 24.1 Å². The average Bonchev–Trinajstić information content (AvgIpc) is 3.05. The van der Waals surface area contributed by atoms with E-state index in [1.807, 2.05) is 0 Å². The summed E-state index contributed by atoms with van der Waals surface area (Å²) in [5, 5.41) is 3.26. The molecule has 1 aliphatic rings. The zero-order chi connectivity index (χ0) is 25.3. The topological polar surface area (TPSA) is 132 Å². The minimum Gasteiger partial charge on any atom is -0.497 e. The largest absolute Gasteiger partial charge is 0.497 e. The Kier molecular flexibility index (Phi) is 6.37. The second kappa shape index (κ2) is 9.41. The van der Waals surface area contributed by atoms with E-state index in [4.69, 9.17) is 13.9 Å². The molecule has 4 rings (SSSR count). The molecule has 0 radical (unpaired) electrons. The minimum absolute atomic E-state index is 0.0884. The molecule has 0 bridgehead atoms. The molecule has 0 aliphatic carbocycles. The summed E-state index contributed by atoms with van der Waals surface area (Å²) in [6.07, 6.45) is -0.0343. The van der Waals surface area contributed by atoms with Crippen LogP contribution in [0.3, 0.4) is 0 Å². The van der Waals surface area contributed by atoms with E-state index in [2.05, 4.69) is 5.32 Å². The summed E-state index contributed by atoms with van der Waals surface area (Å²) < 4.78 is 15.5. The fourth-order valence-corrected chi connectivity index (χ4v) is 3.87. The molecule has 0 atom stereocenters. The standard InChI is InChI=1S/C25H22N2O8/c1-13-16-7-5-15(33-3)11-20(16)35-25(32)17(13)8-9-22(29)34-12-21(28)26-14-4-6-18-19(10-14)24(31)27(2)23(18)30/h4-7,10-11H,8-9,12H2,1-3H3,(H,26,28). The zero-order valence-corrected chi connectivity index (χ0v) is 19.3. The molecule has 0 saturated carbocycles. The summed E-state index contributed by atoms with van der Waals surface area (Å²) in [5.74, 6) is -1.58. The number of amides is 3. The number of ether oxygens (including phenoxy) is 2. The fraction of sp³-hybridized carbons (Fsp3) is 0.240. The predicted octanol–water partition coefficient (Wildman–Crippen LogP) is 2.45.